The zero-order valence-corrected chi connectivity index (χ0v) is 20.6. The molecule has 33 heavy (non-hydrogen) atoms. The molecule has 0 unspecified atom stereocenters. The van der Waals surface area contributed by atoms with Crippen LogP contribution in [0.3, 0.4) is 0 Å². The molecule has 0 spiro atoms. The van der Waals surface area contributed by atoms with Crippen LogP contribution in [0.15, 0.2) is 0 Å². The minimum Gasteiger partial charge on any atom is -0.309 e. The van der Waals surface area contributed by atoms with Crippen molar-refractivity contribution >= 4 is 0 Å². The van der Waals surface area contributed by atoms with E-state index in [9.17, 15) is 20.2 Å². The minimum absolute atomic E-state index is 0. The fourth-order valence-corrected chi connectivity index (χ4v) is 2.17. The first-order valence-corrected chi connectivity index (χ1v) is 11.1. The van der Waals surface area contributed by atoms with Crippen LogP contribution in [0.5, 0.6) is 0 Å². The summed E-state index contributed by atoms with van der Waals surface area (Å²) in [6.07, 6.45) is 0. The van der Waals surface area contributed by atoms with Gasteiger partial charge in [0.05, 0.1) is 26.2 Å². The largest absolute Gasteiger partial charge is 2.00 e. The second kappa shape index (κ2) is 17.1. The van der Waals surface area contributed by atoms with Crippen LogP contribution in [-0.2, 0) is 20.4 Å². The van der Waals surface area contributed by atoms with Gasteiger partial charge in [-0.25, -0.2) is 37.3 Å². The van der Waals surface area contributed by atoms with E-state index in [1.165, 1.54) is 0 Å². The number of rotatable bonds is 2. The molecule has 1 saturated heterocycles. The fraction of sp³-hybridized carbons (Fsp3) is 1.00. The summed E-state index contributed by atoms with van der Waals surface area (Å²) < 4.78 is 67.9. The Hall–Kier alpha value is -0.438. The Balaban J connectivity index is -0.000000686. The molecular formula is C12H26Cl2N6O12Pd. The van der Waals surface area contributed by atoms with Crippen molar-refractivity contribution in [3.8, 4) is 0 Å². The third-order valence-electron chi connectivity index (χ3n) is 3.86. The standard InChI is InChI=1S/C12H26N6O4.2ClHO4.Pd/c1-11(17(19)20)7-13-3-5-15-9-12(2,18(21)22)10-16-6-4-14-8-11;2*2-1(3,4)5;/h13-16H,3-10H2,1-2H3;2*(H,2,3,4,5);/q;;;+2/p-2. The van der Waals surface area contributed by atoms with Gasteiger partial charge in [-0.15, -0.1) is 20.5 Å². The van der Waals surface area contributed by atoms with Gasteiger partial charge in [0.15, 0.2) is 0 Å². The molecule has 0 aliphatic carbocycles. The van der Waals surface area contributed by atoms with Gasteiger partial charge in [-0.05, 0) is 0 Å². The third kappa shape index (κ3) is 24.5. The maximum atomic E-state index is 11.2. The molecule has 0 aromatic heterocycles. The summed E-state index contributed by atoms with van der Waals surface area (Å²) in [7, 11) is -9.89. The predicted molar refractivity (Wildman–Crippen MR) is 82.3 cm³/mol. The first kappa shape index (κ1) is 37.1. The van der Waals surface area contributed by atoms with E-state index in [4.69, 9.17) is 37.3 Å². The van der Waals surface area contributed by atoms with Crippen molar-refractivity contribution in [2.24, 2.45) is 0 Å². The van der Waals surface area contributed by atoms with Crippen LogP contribution in [0.2, 0.25) is 0 Å². The molecule has 1 rings (SSSR count). The van der Waals surface area contributed by atoms with Gasteiger partial charge in [0.25, 0.3) is 0 Å². The topological polar surface area (TPSA) is 319 Å². The molecule has 0 aromatic rings. The summed E-state index contributed by atoms with van der Waals surface area (Å²) in [6.45, 7) is 6.25. The van der Waals surface area contributed by atoms with Crippen molar-refractivity contribution in [3.05, 3.63) is 20.2 Å². The van der Waals surface area contributed by atoms with Crippen LogP contribution in [0.25, 0.3) is 0 Å². The number of nitrogens with zero attached hydrogens (tertiary/aromatic N) is 2. The van der Waals surface area contributed by atoms with E-state index in [-0.39, 0.29) is 56.4 Å². The first-order chi connectivity index (χ1) is 14.3. The van der Waals surface area contributed by atoms with E-state index >= 15 is 0 Å². The maximum Gasteiger partial charge on any atom is 2.00 e. The van der Waals surface area contributed by atoms with Crippen LogP contribution in [0.4, 0.5) is 0 Å². The monoisotopic (exact) mass is 622 g/mol. The van der Waals surface area contributed by atoms with Crippen LogP contribution >= 0.6 is 0 Å². The van der Waals surface area contributed by atoms with Gasteiger partial charge in [0, 0.05) is 49.9 Å². The number of nitro groups is 2. The van der Waals surface area contributed by atoms with Gasteiger partial charge >= 0.3 is 20.4 Å². The van der Waals surface area contributed by atoms with Crippen LogP contribution in [0.1, 0.15) is 13.8 Å². The summed E-state index contributed by atoms with van der Waals surface area (Å²) in [5.41, 5.74) is -2.14. The molecule has 1 fully saturated rings. The Morgan fingerprint density at radius 2 is 0.727 bits per heavy atom. The van der Waals surface area contributed by atoms with Crippen molar-refractivity contribution in [1.82, 2.24) is 21.3 Å². The van der Waals surface area contributed by atoms with Gasteiger partial charge in [-0.3, -0.25) is 20.2 Å². The van der Waals surface area contributed by atoms with E-state index in [1.807, 2.05) is 0 Å². The molecule has 4 N–H and O–H groups in total. The molecule has 0 bridgehead atoms. The Bertz CT molecular complexity index is 492. The van der Waals surface area contributed by atoms with Crippen molar-refractivity contribution in [3.63, 3.8) is 0 Å². The van der Waals surface area contributed by atoms with Gasteiger partial charge < -0.3 is 21.3 Å². The molecule has 0 aromatic carbocycles. The second-order valence-electron chi connectivity index (χ2n) is 6.97. The Kier molecular flexibility index (Phi) is 19.2. The SMILES string of the molecule is CC1([N+](=O)[O-])CNCCNCC(C)([N+](=O)[O-])CNCCNC1.[O-][Cl+3]([O-])([O-])[O-].[O-][Cl+3]([O-])([O-])[O-].[Pd+2]. The molecule has 200 valence electrons. The van der Waals surface area contributed by atoms with E-state index < -0.39 is 31.6 Å². The van der Waals surface area contributed by atoms with Gasteiger partial charge in [0.1, 0.15) is 0 Å². The number of hydrogen-bond donors (Lipinski definition) is 4. The summed E-state index contributed by atoms with van der Waals surface area (Å²) in [6, 6.07) is 0. The molecule has 0 amide bonds. The van der Waals surface area contributed by atoms with Gasteiger partial charge in [-0.2, -0.15) is 0 Å². The summed E-state index contributed by atoms with van der Waals surface area (Å²) in [4.78, 5) is 21.8. The second-order valence-corrected chi connectivity index (χ2v) is 8.48. The molecule has 1 heterocycles. The van der Waals surface area contributed by atoms with E-state index in [1.54, 1.807) is 13.8 Å². The average molecular weight is 624 g/mol. The minimum atomic E-state index is -4.94. The van der Waals surface area contributed by atoms with Crippen molar-refractivity contribution in [1.29, 1.82) is 0 Å². The normalized spacial score (nSPS) is 25.5. The molecular weight excluding hydrogens is 597 g/mol. The summed E-state index contributed by atoms with van der Waals surface area (Å²) >= 11 is 0. The molecule has 21 heteroatoms. The van der Waals surface area contributed by atoms with Gasteiger partial charge in [-0.1, -0.05) is 0 Å². The Labute approximate surface area is 206 Å². The molecule has 1 aliphatic heterocycles. The van der Waals surface area contributed by atoms with Crippen molar-refractivity contribution < 1.29 is 88.0 Å². The first-order valence-electron chi connectivity index (χ1n) is 8.65. The number of nitrogens with one attached hydrogen (secondary N) is 4. The van der Waals surface area contributed by atoms with Gasteiger partial charge in [0.2, 0.25) is 11.1 Å². The van der Waals surface area contributed by atoms with E-state index in [0.717, 1.165) is 0 Å². The van der Waals surface area contributed by atoms with Crippen LogP contribution in [0, 0.1) is 40.7 Å². The zero-order valence-electron chi connectivity index (χ0n) is 17.5. The number of halogens is 2. The third-order valence-corrected chi connectivity index (χ3v) is 3.86. The Morgan fingerprint density at radius 1 is 0.576 bits per heavy atom. The van der Waals surface area contributed by atoms with Crippen molar-refractivity contribution in [2.45, 2.75) is 24.9 Å². The van der Waals surface area contributed by atoms with Crippen molar-refractivity contribution in [2.75, 3.05) is 52.4 Å². The quantitative estimate of drug-likeness (QED) is 0.126. The van der Waals surface area contributed by atoms with E-state index in [0.29, 0.717) is 26.2 Å². The smallest absolute Gasteiger partial charge is 0.309 e. The molecule has 0 saturated carbocycles. The maximum absolute atomic E-state index is 11.2. The number of hydrogen-bond acceptors (Lipinski definition) is 16. The molecule has 18 nitrogen and oxygen atoms in total. The average Bonchev–Trinajstić information content (AvgIpc) is 2.57. The van der Waals surface area contributed by atoms with Crippen LogP contribution in [-0.4, -0.2) is 73.3 Å². The summed E-state index contributed by atoms with van der Waals surface area (Å²) in [5, 5.41) is 34.5. The predicted octanol–water partition coefficient (Wildman–Crippen LogP) is -11.1. The van der Waals surface area contributed by atoms with Crippen LogP contribution < -0.4 is 58.5 Å². The Morgan fingerprint density at radius 3 is 0.848 bits per heavy atom. The molecule has 0 atom stereocenters. The zero-order chi connectivity index (χ0) is 25.6. The summed E-state index contributed by atoms with van der Waals surface area (Å²) in [5.74, 6) is 0. The molecule has 0 radical (unpaired) electrons. The molecule has 1 aliphatic rings. The fourth-order valence-electron chi connectivity index (χ4n) is 2.17. The van der Waals surface area contributed by atoms with E-state index in [2.05, 4.69) is 21.3 Å².